The second kappa shape index (κ2) is 11.2. The average Bonchev–Trinajstić information content (AvgIpc) is 3.09. The van der Waals surface area contributed by atoms with Crippen LogP contribution in [0.25, 0.3) is 0 Å². The van der Waals surface area contributed by atoms with Crippen molar-refractivity contribution in [2.45, 2.75) is 103 Å². The van der Waals surface area contributed by atoms with E-state index in [-0.39, 0.29) is 10.9 Å². The third kappa shape index (κ3) is 7.49. The molecule has 0 aromatic heterocycles. The van der Waals surface area contributed by atoms with Gasteiger partial charge in [0.25, 0.3) is 10.0 Å². The van der Waals surface area contributed by atoms with E-state index in [1.807, 2.05) is 48.5 Å². The number of hydrogen-bond acceptors (Lipinski definition) is 8. The molecule has 1 aliphatic heterocycles. The summed E-state index contributed by atoms with van der Waals surface area (Å²) in [6, 6.07) is -0.686. The van der Waals surface area contributed by atoms with Gasteiger partial charge in [-0.25, -0.2) is 13.1 Å². The molecule has 1 aliphatic rings. The lowest BCUT2D eigenvalue weighted by Crippen LogP contribution is -2.42. The van der Waals surface area contributed by atoms with Gasteiger partial charge in [-0.2, -0.15) is 0 Å². The zero-order chi connectivity index (χ0) is 27.5. The first-order valence-corrected chi connectivity index (χ1v) is 13.7. The fourth-order valence-electron chi connectivity index (χ4n) is 4.06. The quantitative estimate of drug-likeness (QED) is 0.147. The summed E-state index contributed by atoms with van der Waals surface area (Å²) in [4.78, 5) is 17.2. The van der Waals surface area contributed by atoms with Crippen molar-refractivity contribution in [1.82, 2.24) is 10.0 Å². The minimum atomic E-state index is -4.00. The molecule has 0 saturated heterocycles. The van der Waals surface area contributed by atoms with E-state index in [1.54, 1.807) is 6.92 Å². The summed E-state index contributed by atoms with van der Waals surface area (Å²) in [6.07, 6.45) is 2.35. The van der Waals surface area contributed by atoms with E-state index < -0.39 is 33.2 Å². The van der Waals surface area contributed by atoms with E-state index in [9.17, 15) is 13.2 Å². The Kier molecular flexibility index (Phi) is 9.28. The van der Waals surface area contributed by atoms with Crippen LogP contribution in [0.5, 0.6) is 5.75 Å². The number of carbonyl (C=O) groups excluding carboxylic acids is 1. The number of fused-ring (bicyclic) bond motifs is 1. The number of oxime groups is 1. The van der Waals surface area contributed by atoms with Crippen LogP contribution in [0, 0.1) is 20.8 Å². The monoisotopic (exact) mass is 526 g/mol. The molecular weight excluding hydrogens is 484 g/mol. The zero-order valence-corrected chi connectivity index (χ0v) is 23.8. The van der Waals surface area contributed by atoms with Gasteiger partial charge in [0.05, 0.1) is 12.0 Å². The average molecular weight is 527 g/mol. The third-order valence-corrected chi connectivity index (χ3v) is 7.55. The molecule has 4 N–H and O–H groups in total. The molecule has 0 bridgehead atoms. The van der Waals surface area contributed by atoms with Crippen molar-refractivity contribution in [3.8, 4) is 5.75 Å². The number of nitrogens with one attached hydrogen (secondary N) is 2. The predicted molar refractivity (Wildman–Crippen MR) is 140 cm³/mol. The molecule has 10 nitrogen and oxygen atoms in total. The lowest BCUT2D eigenvalue weighted by molar-refractivity contribution is -0.142. The molecule has 0 radical (unpaired) electrons. The highest BCUT2D eigenvalue weighted by Crippen LogP contribution is 2.43. The Balaban J connectivity index is 2.24. The van der Waals surface area contributed by atoms with Crippen molar-refractivity contribution >= 4 is 22.0 Å². The smallest absolute Gasteiger partial charge is 0.322 e. The minimum Gasteiger partial charge on any atom is -0.487 e. The number of nitrogens with two attached hydrogens (primary N) is 1. The lowest BCUT2D eigenvalue weighted by atomic mass is 9.94. The van der Waals surface area contributed by atoms with Gasteiger partial charge in [-0.3, -0.25) is 4.79 Å². The van der Waals surface area contributed by atoms with Crippen molar-refractivity contribution in [1.29, 1.82) is 0 Å². The Labute approximate surface area is 215 Å². The first-order valence-electron chi connectivity index (χ1n) is 12.2. The molecule has 11 heteroatoms. The van der Waals surface area contributed by atoms with Gasteiger partial charge in [0, 0.05) is 18.5 Å². The van der Waals surface area contributed by atoms with Crippen LogP contribution in [0.2, 0.25) is 0 Å². The van der Waals surface area contributed by atoms with E-state index in [1.165, 1.54) is 7.11 Å². The molecule has 0 aliphatic carbocycles. The first-order chi connectivity index (χ1) is 16.5. The topological polar surface area (TPSA) is 141 Å². The molecule has 0 spiro atoms. The minimum absolute atomic E-state index is 0.0178. The zero-order valence-electron chi connectivity index (χ0n) is 23.0. The number of nitrogens with zero attached hydrogens (tertiary/aromatic N) is 1. The van der Waals surface area contributed by atoms with Gasteiger partial charge in [0.2, 0.25) is 5.96 Å². The maximum Gasteiger partial charge on any atom is 0.322 e. The molecule has 1 aromatic carbocycles. The van der Waals surface area contributed by atoms with E-state index in [2.05, 4.69) is 19.9 Å². The van der Waals surface area contributed by atoms with Crippen LogP contribution in [-0.2, 0) is 30.8 Å². The standard InChI is InChI=1S/C25H42N4O6S/c1-15-16(2)21(17(3)18-14-25(7,8)34-20(15)18)36(31,32)29-23(28-35-24(4,5)6)27-13-11-10-12-19(26)22(30)33-9/h19H,10-14,26H2,1-9H3,(H2,27,28,29)/t19-/m0/s1. The van der Waals surface area contributed by atoms with E-state index >= 15 is 0 Å². The number of guanidine groups is 1. The highest BCUT2D eigenvalue weighted by atomic mass is 32.2. The number of hydrogen-bond donors (Lipinski definition) is 3. The Morgan fingerprint density at radius 3 is 2.39 bits per heavy atom. The fourth-order valence-corrected chi connectivity index (χ4v) is 5.61. The van der Waals surface area contributed by atoms with Crippen molar-refractivity contribution < 1.29 is 27.5 Å². The SMILES string of the molecule is COC(=O)[C@@H](N)CCCCN/C(=N/OC(C)(C)C)NS(=O)(=O)c1c(C)c(C)c2c(c1C)CC(C)(C)O2. The number of methoxy groups -OCH3 is 1. The number of carbonyl (C=O) groups is 1. The number of rotatable bonds is 9. The lowest BCUT2D eigenvalue weighted by Gasteiger charge is -2.21. The molecular formula is C25H42N4O6S. The maximum atomic E-state index is 13.6. The molecule has 36 heavy (non-hydrogen) atoms. The Morgan fingerprint density at radius 2 is 1.81 bits per heavy atom. The molecule has 0 unspecified atom stereocenters. The Bertz CT molecular complexity index is 1110. The molecule has 1 heterocycles. The van der Waals surface area contributed by atoms with Gasteiger partial charge in [-0.15, -0.1) is 0 Å². The maximum absolute atomic E-state index is 13.6. The summed E-state index contributed by atoms with van der Waals surface area (Å²) >= 11 is 0. The largest absolute Gasteiger partial charge is 0.487 e. The molecule has 0 fully saturated rings. The van der Waals surface area contributed by atoms with Crippen LogP contribution in [-0.4, -0.2) is 51.2 Å². The summed E-state index contributed by atoms with van der Waals surface area (Å²) in [5, 5.41) is 7.06. The number of ether oxygens (including phenoxy) is 2. The van der Waals surface area contributed by atoms with Crippen molar-refractivity contribution in [3.63, 3.8) is 0 Å². The predicted octanol–water partition coefficient (Wildman–Crippen LogP) is 2.95. The summed E-state index contributed by atoms with van der Waals surface area (Å²) in [7, 11) is -2.70. The third-order valence-electron chi connectivity index (χ3n) is 5.94. The van der Waals surface area contributed by atoms with Crippen molar-refractivity contribution in [2.24, 2.45) is 10.9 Å². The summed E-state index contributed by atoms with van der Waals surface area (Å²) in [6.45, 7) is 15.3. The van der Waals surface area contributed by atoms with Gasteiger partial charge in [0.1, 0.15) is 23.0 Å². The van der Waals surface area contributed by atoms with Crippen LogP contribution >= 0.6 is 0 Å². The normalized spacial score (nSPS) is 16.1. The number of unbranched alkanes of at least 4 members (excludes halogenated alkanes) is 1. The molecule has 1 atom stereocenters. The van der Waals surface area contributed by atoms with Gasteiger partial charge in [-0.05, 0) is 96.5 Å². The van der Waals surface area contributed by atoms with Gasteiger partial charge >= 0.3 is 5.97 Å². The van der Waals surface area contributed by atoms with Gasteiger partial charge in [-0.1, -0.05) is 0 Å². The van der Waals surface area contributed by atoms with Crippen LogP contribution in [0.15, 0.2) is 10.1 Å². The molecule has 0 amide bonds. The number of esters is 1. The summed E-state index contributed by atoms with van der Waals surface area (Å²) < 4.78 is 40.6. The summed E-state index contributed by atoms with van der Waals surface area (Å²) in [5.74, 6) is 0.290. The highest BCUT2D eigenvalue weighted by molar-refractivity contribution is 7.90. The number of benzene rings is 1. The van der Waals surface area contributed by atoms with E-state index in [4.69, 9.17) is 15.3 Å². The van der Waals surface area contributed by atoms with Crippen LogP contribution in [0.3, 0.4) is 0 Å². The molecule has 0 saturated carbocycles. The molecule has 1 aromatic rings. The molecule has 2 rings (SSSR count). The van der Waals surface area contributed by atoms with Crippen LogP contribution in [0.1, 0.15) is 76.1 Å². The van der Waals surface area contributed by atoms with E-state index in [0.29, 0.717) is 43.4 Å². The molecule has 204 valence electrons. The fraction of sp³-hybridized carbons (Fsp3) is 0.680. The summed E-state index contributed by atoms with van der Waals surface area (Å²) in [5.41, 5.74) is 7.76. The second-order valence-corrected chi connectivity index (χ2v) is 12.5. The van der Waals surface area contributed by atoms with E-state index in [0.717, 1.165) is 16.9 Å². The van der Waals surface area contributed by atoms with Crippen molar-refractivity contribution in [2.75, 3.05) is 13.7 Å². The van der Waals surface area contributed by atoms with Crippen LogP contribution in [0.4, 0.5) is 0 Å². The van der Waals surface area contributed by atoms with Crippen molar-refractivity contribution in [3.05, 3.63) is 22.3 Å². The number of sulfonamides is 1. The van der Waals surface area contributed by atoms with Crippen LogP contribution < -0.4 is 20.5 Å². The second-order valence-electron chi connectivity index (χ2n) is 10.9. The Morgan fingerprint density at radius 1 is 1.17 bits per heavy atom. The van der Waals surface area contributed by atoms with Gasteiger partial charge < -0.3 is 25.4 Å². The highest BCUT2D eigenvalue weighted by Gasteiger charge is 2.37. The Hall–Kier alpha value is -2.53. The first kappa shape index (κ1) is 29.7. The van der Waals surface area contributed by atoms with Gasteiger partial charge in [0.15, 0.2) is 0 Å².